The molecule has 2 aromatic rings. The molecule has 21 heavy (non-hydrogen) atoms. The fourth-order valence-electron chi connectivity index (χ4n) is 2.03. The van der Waals surface area contributed by atoms with Gasteiger partial charge >= 0.3 is 0 Å². The Bertz CT molecular complexity index is 547. The zero-order chi connectivity index (χ0) is 15.2. The lowest BCUT2D eigenvalue weighted by Gasteiger charge is -2.14. The summed E-state index contributed by atoms with van der Waals surface area (Å²) in [7, 11) is 2.13. The second kappa shape index (κ2) is 7.98. The van der Waals surface area contributed by atoms with Gasteiger partial charge in [0.25, 0.3) is 0 Å². The maximum absolute atomic E-state index is 4.70. The number of aryl methyl sites for hydroxylation is 1. The summed E-state index contributed by atoms with van der Waals surface area (Å²) in [5.41, 5.74) is 4.22. The third-order valence-electron chi connectivity index (χ3n) is 3.12. The van der Waals surface area contributed by atoms with Gasteiger partial charge < -0.3 is 5.32 Å². The fourth-order valence-corrected chi connectivity index (χ4v) is 3.64. The lowest BCUT2D eigenvalue weighted by molar-refractivity contribution is 0.317. The number of nitrogens with zero attached hydrogens (tertiary/aromatic N) is 3. The molecule has 0 unspecified atom stereocenters. The molecule has 0 saturated heterocycles. The summed E-state index contributed by atoms with van der Waals surface area (Å²) in [6.07, 6.45) is 0. The summed E-state index contributed by atoms with van der Waals surface area (Å²) < 4.78 is 0. The van der Waals surface area contributed by atoms with Crippen molar-refractivity contribution < 1.29 is 0 Å². The Hall–Kier alpha value is -0.820. The van der Waals surface area contributed by atoms with Gasteiger partial charge in [-0.1, -0.05) is 13.8 Å². The molecular formula is C15H24N4S2. The quantitative estimate of drug-likeness (QED) is 0.809. The van der Waals surface area contributed by atoms with Crippen molar-refractivity contribution in [1.82, 2.24) is 20.2 Å². The zero-order valence-corrected chi connectivity index (χ0v) is 14.9. The molecule has 0 radical (unpaired) electrons. The lowest BCUT2D eigenvalue weighted by Crippen LogP contribution is -2.19. The molecule has 0 aliphatic heterocycles. The van der Waals surface area contributed by atoms with Crippen LogP contribution in [0.3, 0.4) is 0 Å². The first kappa shape index (κ1) is 16.5. The first-order valence-electron chi connectivity index (χ1n) is 7.26. The van der Waals surface area contributed by atoms with Crippen molar-refractivity contribution in [2.45, 2.75) is 40.4 Å². The van der Waals surface area contributed by atoms with E-state index in [0.717, 1.165) is 37.6 Å². The number of hydrogen-bond donors (Lipinski definition) is 1. The minimum atomic E-state index is 0.679. The second-order valence-electron chi connectivity index (χ2n) is 5.79. The van der Waals surface area contributed by atoms with Gasteiger partial charge in [0.2, 0.25) is 0 Å². The molecule has 2 aromatic heterocycles. The summed E-state index contributed by atoms with van der Waals surface area (Å²) in [6, 6.07) is 0. The molecule has 4 nitrogen and oxygen atoms in total. The molecule has 0 aromatic carbocycles. The molecule has 6 heteroatoms. The first-order chi connectivity index (χ1) is 10.0. The highest BCUT2D eigenvalue weighted by molar-refractivity contribution is 7.10. The first-order valence-corrected chi connectivity index (χ1v) is 9.02. The van der Waals surface area contributed by atoms with Gasteiger partial charge in [-0.3, -0.25) is 4.90 Å². The van der Waals surface area contributed by atoms with E-state index in [4.69, 9.17) is 4.98 Å². The van der Waals surface area contributed by atoms with Crippen LogP contribution in [-0.2, 0) is 19.6 Å². The van der Waals surface area contributed by atoms with Crippen molar-refractivity contribution >= 4 is 22.7 Å². The van der Waals surface area contributed by atoms with Gasteiger partial charge in [0, 0.05) is 29.9 Å². The van der Waals surface area contributed by atoms with Crippen molar-refractivity contribution in [1.29, 1.82) is 0 Å². The molecule has 0 aliphatic carbocycles. The van der Waals surface area contributed by atoms with Crippen LogP contribution in [0.15, 0.2) is 10.9 Å². The maximum atomic E-state index is 4.70. The van der Waals surface area contributed by atoms with Crippen LogP contribution in [0.2, 0.25) is 0 Å². The molecule has 0 aliphatic rings. The van der Waals surface area contributed by atoms with Gasteiger partial charge in [0.05, 0.1) is 16.9 Å². The van der Waals surface area contributed by atoms with Crippen molar-refractivity contribution in [3.05, 3.63) is 32.2 Å². The van der Waals surface area contributed by atoms with E-state index in [0.29, 0.717) is 5.92 Å². The predicted molar refractivity (Wildman–Crippen MR) is 90.7 cm³/mol. The molecule has 0 saturated carbocycles. The number of hydrogen-bond acceptors (Lipinski definition) is 6. The van der Waals surface area contributed by atoms with Crippen molar-refractivity contribution in [3.63, 3.8) is 0 Å². The van der Waals surface area contributed by atoms with E-state index in [1.807, 2.05) is 5.51 Å². The summed E-state index contributed by atoms with van der Waals surface area (Å²) in [5.74, 6) is 0.679. The smallest absolute Gasteiger partial charge is 0.107 e. The predicted octanol–water partition coefficient (Wildman–Crippen LogP) is 3.29. The third kappa shape index (κ3) is 5.47. The number of rotatable bonds is 8. The summed E-state index contributed by atoms with van der Waals surface area (Å²) >= 11 is 3.47. The van der Waals surface area contributed by atoms with Crippen LogP contribution in [-0.4, -0.2) is 28.5 Å². The Kier molecular flexibility index (Phi) is 6.29. The molecule has 2 rings (SSSR count). The van der Waals surface area contributed by atoms with E-state index >= 15 is 0 Å². The number of thiazole rings is 2. The van der Waals surface area contributed by atoms with E-state index in [2.05, 4.69) is 48.4 Å². The van der Waals surface area contributed by atoms with Crippen LogP contribution in [0.25, 0.3) is 0 Å². The van der Waals surface area contributed by atoms with Crippen LogP contribution >= 0.6 is 22.7 Å². The van der Waals surface area contributed by atoms with Crippen LogP contribution in [0, 0.1) is 12.8 Å². The summed E-state index contributed by atoms with van der Waals surface area (Å²) in [4.78, 5) is 12.6. The Morgan fingerprint density at radius 3 is 2.76 bits per heavy atom. The molecule has 0 bridgehead atoms. The molecule has 2 heterocycles. The Labute approximate surface area is 135 Å². The van der Waals surface area contributed by atoms with Crippen LogP contribution in [0.4, 0.5) is 0 Å². The standard InChI is InChI=1S/C15H24N4S2/c1-11(2)5-16-6-15-18-13(9-20-15)7-19(4)8-14-12(3)17-10-21-14/h9-11,16H,5-8H2,1-4H3. The SMILES string of the molecule is Cc1ncsc1CN(C)Cc1csc(CNCC(C)C)n1. The third-order valence-corrected chi connectivity index (χ3v) is 4.94. The van der Waals surface area contributed by atoms with Gasteiger partial charge in [0.1, 0.15) is 5.01 Å². The Morgan fingerprint density at radius 2 is 2.10 bits per heavy atom. The maximum Gasteiger partial charge on any atom is 0.107 e. The summed E-state index contributed by atoms with van der Waals surface area (Å²) in [5, 5.41) is 6.78. The largest absolute Gasteiger partial charge is 0.310 e. The lowest BCUT2D eigenvalue weighted by atomic mass is 10.2. The average Bonchev–Trinajstić information content (AvgIpc) is 3.00. The molecule has 1 N–H and O–H groups in total. The Morgan fingerprint density at radius 1 is 1.29 bits per heavy atom. The minimum Gasteiger partial charge on any atom is -0.310 e. The minimum absolute atomic E-state index is 0.679. The van der Waals surface area contributed by atoms with E-state index in [1.165, 1.54) is 9.88 Å². The highest BCUT2D eigenvalue weighted by Crippen LogP contribution is 2.16. The van der Waals surface area contributed by atoms with Crippen molar-refractivity contribution in [3.8, 4) is 0 Å². The second-order valence-corrected chi connectivity index (χ2v) is 7.67. The van der Waals surface area contributed by atoms with Crippen molar-refractivity contribution in [2.75, 3.05) is 13.6 Å². The molecule has 116 valence electrons. The van der Waals surface area contributed by atoms with E-state index in [9.17, 15) is 0 Å². The molecule has 0 spiro atoms. The zero-order valence-electron chi connectivity index (χ0n) is 13.2. The average molecular weight is 325 g/mol. The van der Waals surface area contributed by atoms with Gasteiger partial charge in [0.15, 0.2) is 0 Å². The van der Waals surface area contributed by atoms with Crippen LogP contribution in [0.1, 0.15) is 35.1 Å². The van der Waals surface area contributed by atoms with Gasteiger partial charge in [-0.15, -0.1) is 22.7 Å². The van der Waals surface area contributed by atoms with E-state index < -0.39 is 0 Å². The Balaban J connectivity index is 1.80. The van der Waals surface area contributed by atoms with Crippen molar-refractivity contribution in [2.24, 2.45) is 5.92 Å². The van der Waals surface area contributed by atoms with E-state index in [1.54, 1.807) is 22.7 Å². The van der Waals surface area contributed by atoms with Gasteiger partial charge in [-0.25, -0.2) is 9.97 Å². The fraction of sp³-hybridized carbons (Fsp3) is 0.600. The van der Waals surface area contributed by atoms with Crippen LogP contribution in [0.5, 0.6) is 0 Å². The topological polar surface area (TPSA) is 41.1 Å². The van der Waals surface area contributed by atoms with Gasteiger partial charge in [-0.05, 0) is 26.4 Å². The van der Waals surface area contributed by atoms with E-state index in [-0.39, 0.29) is 0 Å². The molecule has 0 atom stereocenters. The summed E-state index contributed by atoms with van der Waals surface area (Å²) in [6.45, 7) is 10.3. The molecule has 0 amide bonds. The highest BCUT2D eigenvalue weighted by atomic mass is 32.1. The number of nitrogens with one attached hydrogen (secondary N) is 1. The molecular weight excluding hydrogens is 300 g/mol. The molecule has 0 fully saturated rings. The monoisotopic (exact) mass is 324 g/mol. The highest BCUT2D eigenvalue weighted by Gasteiger charge is 2.09. The van der Waals surface area contributed by atoms with Crippen LogP contribution < -0.4 is 5.32 Å². The van der Waals surface area contributed by atoms with Gasteiger partial charge in [-0.2, -0.15) is 0 Å². The number of aromatic nitrogens is 2. The normalized spacial score (nSPS) is 11.7.